The van der Waals surface area contributed by atoms with Gasteiger partial charge in [0, 0.05) is 12.1 Å². The summed E-state index contributed by atoms with van der Waals surface area (Å²) < 4.78 is 26.0. The first kappa shape index (κ1) is 17.3. The van der Waals surface area contributed by atoms with Crippen molar-refractivity contribution in [2.45, 2.75) is 24.8 Å². The lowest BCUT2D eigenvalue weighted by molar-refractivity contribution is -0.118. The molecular formula is C13H16ClF2N3O2. The highest BCUT2D eigenvalue weighted by Crippen LogP contribution is 2.25. The van der Waals surface area contributed by atoms with Crippen LogP contribution in [0.15, 0.2) is 24.3 Å². The van der Waals surface area contributed by atoms with Crippen LogP contribution in [0.5, 0.6) is 0 Å². The second kappa shape index (κ2) is 6.82. The van der Waals surface area contributed by atoms with Crippen LogP contribution in [0.4, 0.5) is 14.5 Å². The molecule has 1 aliphatic heterocycles. The van der Waals surface area contributed by atoms with E-state index in [1.165, 1.54) is 0 Å². The number of nitrogens with one attached hydrogen (secondary N) is 2. The largest absolute Gasteiger partial charge is 0.369 e. The zero-order valence-corrected chi connectivity index (χ0v) is 11.9. The number of anilines is 1. The molecule has 1 aromatic carbocycles. The lowest BCUT2D eigenvalue weighted by Gasteiger charge is -2.11. The van der Waals surface area contributed by atoms with Crippen molar-refractivity contribution in [1.29, 1.82) is 0 Å². The van der Waals surface area contributed by atoms with Gasteiger partial charge in [-0.25, -0.2) is 8.78 Å². The van der Waals surface area contributed by atoms with Crippen LogP contribution in [0.25, 0.3) is 0 Å². The van der Waals surface area contributed by atoms with Crippen molar-refractivity contribution in [3.05, 3.63) is 29.8 Å². The summed E-state index contributed by atoms with van der Waals surface area (Å²) in [5, 5.41) is 5.03. The fourth-order valence-electron chi connectivity index (χ4n) is 2.04. The molecule has 1 heterocycles. The maximum Gasteiger partial charge on any atom is 0.262 e. The Morgan fingerprint density at radius 1 is 1.33 bits per heavy atom. The summed E-state index contributed by atoms with van der Waals surface area (Å²) in [6, 6.07) is 5.61. The lowest BCUT2D eigenvalue weighted by Crippen LogP contribution is -2.35. The molecule has 0 radical (unpaired) electrons. The molecule has 0 aromatic heterocycles. The first-order chi connectivity index (χ1) is 9.35. The topological polar surface area (TPSA) is 84.2 Å². The van der Waals surface area contributed by atoms with Crippen molar-refractivity contribution in [2.24, 2.45) is 5.73 Å². The molecule has 1 saturated heterocycles. The Hall–Kier alpha value is -1.73. The zero-order chi connectivity index (χ0) is 14.8. The number of benzene rings is 1. The standard InChI is InChI=1S/C13H15F2N3O2.ClH/c14-13(15)6-10(17-7-13)12(20)18-9-3-1-8(2-4-9)5-11(16)19;/h1-4,10,17H,5-7H2,(H2,16,19)(H,18,20);1H. The van der Waals surface area contributed by atoms with Gasteiger partial charge in [-0.3, -0.25) is 14.9 Å². The number of primary amides is 1. The average molecular weight is 320 g/mol. The highest BCUT2D eigenvalue weighted by atomic mass is 35.5. The normalized spacial score (nSPS) is 19.6. The Labute approximate surface area is 126 Å². The quantitative estimate of drug-likeness (QED) is 0.776. The molecule has 0 spiro atoms. The predicted octanol–water partition coefficient (Wildman–Crippen LogP) is 1.07. The van der Waals surface area contributed by atoms with E-state index < -0.39 is 36.7 Å². The first-order valence-corrected chi connectivity index (χ1v) is 6.15. The molecule has 1 fully saturated rings. The molecule has 2 rings (SSSR count). The van der Waals surface area contributed by atoms with Gasteiger partial charge in [0.25, 0.3) is 5.92 Å². The van der Waals surface area contributed by atoms with Crippen molar-refractivity contribution >= 4 is 29.9 Å². The molecule has 0 bridgehead atoms. The molecule has 8 heteroatoms. The molecular weight excluding hydrogens is 304 g/mol. The zero-order valence-electron chi connectivity index (χ0n) is 11.1. The van der Waals surface area contributed by atoms with Crippen LogP contribution < -0.4 is 16.4 Å². The smallest absolute Gasteiger partial charge is 0.262 e. The van der Waals surface area contributed by atoms with Crippen LogP contribution in [0.2, 0.25) is 0 Å². The van der Waals surface area contributed by atoms with Crippen LogP contribution in [0.1, 0.15) is 12.0 Å². The predicted molar refractivity (Wildman–Crippen MR) is 76.6 cm³/mol. The second-order valence-electron chi connectivity index (χ2n) is 4.82. The number of alkyl halides is 2. The van der Waals surface area contributed by atoms with Crippen LogP contribution in [-0.4, -0.2) is 30.3 Å². The summed E-state index contributed by atoms with van der Waals surface area (Å²) in [5.74, 6) is -3.78. The third-order valence-electron chi connectivity index (χ3n) is 3.03. The van der Waals surface area contributed by atoms with Crippen molar-refractivity contribution in [3.8, 4) is 0 Å². The number of rotatable bonds is 4. The summed E-state index contributed by atoms with van der Waals surface area (Å²) in [4.78, 5) is 22.5. The molecule has 2 amide bonds. The molecule has 1 unspecified atom stereocenters. The van der Waals surface area contributed by atoms with E-state index in [-0.39, 0.29) is 18.8 Å². The van der Waals surface area contributed by atoms with Gasteiger partial charge >= 0.3 is 0 Å². The molecule has 4 N–H and O–H groups in total. The highest BCUT2D eigenvalue weighted by Gasteiger charge is 2.42. The van der Waals surface area contributed by atoms with Gasteiger partial charge in [0.05, 0.1) is 19.0 Å². The molecule has 0 aliphatic carbocycles. The number of hydrogen-bond acceptors (Lipinski definition) is 3. The molecule has 0 saturated carbocycles. The Morgan fingerprint density at radius 2 is 1.95 bits per heavy atom. The third-order valence-corrected chi connectivity index (χ3v) is 3.03. The summed E-state index contributed by atoms with van der Waals surface area (Å²) >= 11 is 0. The van der Waals surface area contributed by atoms with Crippen molar-refractivity contribution in [2.75, 3.05) is 11.9 Å². The van der Waals surface area contributed by atoms with E-state index in [1.807, 2.05) is 0 Å². The maximum absolute atomic E-state index is 13.0. The van der Waals surface area contributed by atoms with Crippen molar-refractivity contribution < 1.29 is 18.4 Å². The average Bonchev–Trinajstić information content (AvgIpc) is 2.72. The number of amides is 2. The van der Waals surface area contributed by atoms with E-state index >= 15 is 0 Å². The number of carbonyl (C=O) groups is 2. The molecule has 1 aliphatic rings. The molecule has 5 nitrogen and oxygen atoms in total. The monoisotopic (exact) mass is 319 g/mol. The van der Waals surface area contributed by atoms with Gasteiger partial charge in [0.2, 0.25) is 11.8 Å². The number of halogens is 3. The third kappa shape index (κ3) is 4.95. The summed E-state index contributed by atoms with van der Waals surface area (Å²) in [6.07, 6.45) is -0.386. The molecule has 1 aromatic rings. The van der Waals surface area contributed by atoms with Gasteiger partial charge in [-0.1, -0.05) is 12.1 Å². The fourth-order valence-corrected chi connectivity index (χ4v) is 2.04. The van der Waals surface area contributed by atoms with Crippen LogP contribution >= 0.6 is 12.4 Å². The van der Waals surface area contributed by atoms with E-state index in [1.54, 1.807) is 24.3 Å². The minimum Gasteiger partial charge on any atom is -0.369 e. The second-order valence-corrected chi connectivity index (χ2v) is 4.82. The fraction of sp³-hybridized carbons (Fsp3) is 0.385. The number of hydrogen-bond donors (Lipinski definition) is 3. The van der Waals surface area contributed by atoms with Crippen LogP contribution in [0.3, 0.4) is 0 Å². The van der Waals surface area contributed by atoms with Crippen molar-refractivity contribution in [3.63, 3.8) is 0 Å². The van der Waals surface area contributed by atoms with E-state index in [0.29, 0.717) is 5.69 Å². The number of nitrogens with two attached hydrogens (primary N) is 1. The Kier molecular flexibility index (Phi) is 5.62. The first-order valence-electron chi connectivity index (χ1n) is 6.15. The molecule has 21 heavy (non-hydrogen) atoms. The van der Waals surface area contributed by atoms with Gasteiger partial charge in [-0.2, -0.15) is 0 Å². The van der Waals surface area contributed by atoms with E-state index in [2.05, 4.69) is 10.6 Å². The van der Waals surface area contributed by atoms with Gasteiger partial charge < -0.3 is 11.1 Å². The Morgan fingerprint density at radius 3 is 2.43 bits per heavy atom. The van der Waals surface area contributed by atoms with E-state index in [4.69, 9.17) is 5.73 Å². The summed E-state index contributed by atoms with van der Waals surface area (Å²) in [7, 11) is 0. The van der Waals surface area contributed by atoms with E-state index in [9.17, 15) is 18.4 Å². The van der Waals surface area contributed by atoms with Gasteiger partial charge in [0.1, 0.15) is 0 Å². The number of carbonyl (C=O) groups excluding carboxylic acids is 2. The SMILES string of the molecule is Cl.NC(=O)Cc1ccc(NC(=O)C2CC(F)(F)CN2)cc1. The van der Waals surface area contributed by atoms with Crippen molar-refractivity contribution in [1.82, 2.24) is 5.32 Å². The minimum absolute atomic E-state index is 0. The van der Waals surface area contributed by atoms with Gasteiger partial charge in [-0.15, -0.1) is 12.4 Å². The van der Waals surface area contributed by atoms with Gasteiger partial charge in [-0.05, 0) is 17.7 Å². The summed E-state index contributed by atoms with van der Waals surface area (Å²) in [6.45, 7) is -0.483. The lowest BCUT2D eigenvalue weighted by atomic mass is 10.1. The maximum atomic E-state index is 13.0. The van der Waals surface area contributed by atoms with E-state index in [0.717, 1.165) is 5.56 Å². The Balaban J connectivity index is 0.00000220. The highest BCUT2D eigenvalue weighted by molar-refractivity contribution is 5.95. The summed E-state index contributed by atoms with van der Waals surface area (Å²) in [5.41, 5.74) is 6.27. The van der Waals surface area contributed by atoms with Crippen LogP contribution in [0, 0.1) is 0 Å². The minimum atomic E-state index is -2.84. The molecule has 116 valence electrons. The Bertz CT molecular complexity index is 523. The molecule has 1 atom stereocenters. The van der Waals surface area contributed by atoms with Gasteiger partial charge in [0.15, 0.2) is 0 Å². The van der Waals surface area contributed by atoms with Crippen LogP contribution in [-0.2, 0) is 16.0 Å².